The molecule has 1 heterocycles. The van der Waals surface area contributed by atoms with Gasteiger partial charge in [-0.25, -0.2) is 13.4 Å². The predicted octanol–water partition coefficient (Wildman–Crippen LogP) is 3.30. The first-order valence-corrected chi connectivity index (χ1v) is 7.65. The summed E-state index contributed by atoms with van der Waals surface area (Å²) in [5, 5.41) is -1.42. The molecule has 2 aromatic rings. The molecule has 0 amide bonds. The third kappa shape index (κ3) is 3.51. The molecule has 104 valence electrons. The van der Waals surface area contributed by atoms with E-state index in [2.05, 4.69) is 4.98 Å². The predicted molar refractivity (Wildman–Crippen MR) is 75.4 cm³/mol. The van der Waals surface area contributed by atoms with Gasteiger partial charge in [-0.2, -0.15) is 4.39 Å². The van der Waals surface area contributed by atoms with Crippen LogP contribution in [0.1, 0.15) is 12.0 Å². The topological polar surface area (TPSA) is 47.0 Å². The highest BCUT2D eigenvalue weighted by atomic mass is 32.2. The summed E-state index contributed by atoms with van der Waals surface area (Å²) in [5.41, 5.74) is 1.03. The maximum absolute atomic E-state index is 13.8. The summed E-state index contributed by atoms with van der Waals surface area (Å²) in [6.07, 6.45) is 3.33. The molecule has 0 aliphatic heterocycles. The van der Waals surface area contributed by atoms with Crippen molar-refractivity contribution in [3.63, 3.8) is 0 Å². The summed E-state index contributed by atoms with van der Waals surface area (Å²) < 4.78 is 37.5. The van der Waals surface area contributed by atoms with Gasteiger partial charge in [-0.1, -0.05) is 36.4 Å². The molecular formula is C15H14FNO2S. The maximum atomic E-state index is 13.8. The van der Waals surface area contributed by atoms with Gasteiger partial charge < -0.3 is 0 Å². The van der Waals surface area contributed by atoms with Gasteiger partial charge in [0.1, 0.15) is 0 Å². The van der Waals surface area contributed by atoms with Crippen molar-refractivity contribution in [2.24, 2.45) is 0 Å². The molecule has 0 saturated carbocycles. The van der Waals surface area contributed by atoms with Crippen molar-refractivity contribution in [1.82, 2.24) is 4.98 Å². The molecule has 0 bridgehead atoms. The van der Waals surface area contributed by atoms with E-state index in [1.54, 1.807) is 6.07 Å². The summed E-state index contributed by atoms with van der Waals surface area (Å²) in [4.78, 5) is 3.67. The Bertz CT molecular complexity index is 682. The van der Waals surface area contributed by atoms with Crippen LogP contribution in [0, 0.1) is 0 Å². The van der Waals surface area contributed by atoms with E-state index >= 15 is 0 Å². The number of allylic oxidation sites excluding steroid dienone is 1. The zero-order valence-corrected chi connectivity index (χ0v) is 11.6. The van der Waals surface area contributed by atoms with Gasteiger partial charge in [0.15, 0.2) is 5.03 Å². The first kappa shape index (κ1) is 14.4. The second kappa shape index (κ2) is 6.43. The van der Waals surface area contributed by atoms with Gasteiger partial charge in [0.25, 0.3) is 0 Å². The Labute approximate surface area is 117 Å². The number of sulfone groups is 1. The summed E-state index contributed by atoms with van der Waals surface area (Å²) in [6.45, 7) is 0. The van der Waals surface area contributed by atoms with Crippen LogP contribution in [0.25, 0.3) is 0 Å². The fourth-order valence-corrected chi connectivity index (χ4v) is 2.71. The molecule has 0 spiro atoms. The van der Waals surface area contributed by atoms with Crippen LogP contribution in [0.5, 0.6) is 0 Å². The summed E-state index contributed by atoms with van der Waals surface area (Å²) in [6, 6.07) is 13.9. The first-order valence-electron chi connectivity index (χ1n) is 6.16. The Morgan fingerprint density at radius 2 is 1.80 bits per heavy atom. The van der Waals surface area contributed by atoms with E-state index in [0.29, 0.717) is 12.8 Å². The van der Waals surface area contributed by atoms with Crippen LogP contribution in [0.3, 0.4) is 0 Å². The molecule has 5 heteroatoms. The zero-order chi connectivity index (χ0) is 14.4. The van der Waals surface area contributed by atoms with E-state index in [1.165, 1.54) is 18.3 Å². The molecule has 1 aromatic heterocycles. The highest BCUT2D eigenvalue weighted by Gasteiger charge is 2.21. The lowest BCUT2D eigenvalue weighted by atomic mass is 10.1. The lowest BCUT2D eigenvalue weighted by molar-refractivity contribution is 0.572. The zero-order valence-electron chi connectivity index (χ0n) is 10.7. The van der Waals surface area contributed by atoms with Gasteiger partial charge >= 0.3 is 0 Å². The molecule has 0 saturated heterocycles. The third-order valence-corrected chi connectivity index (χ3v) is 4.22. The molecule has 0 aliphatic rings. The summed E-state index contributed by atoms with van der Waals surface area (Å²) in [5.74, 6) is 0. The van der Waals surface area contributed by atoms with Crippen molar-refractivity contribution in [2.45, 2.75) is 17.9 Å². The van der Waals surface area contributed by atoms with E-state index < -0.39 is 15.0 Å². The second-order valence-corrected chi connectivity index (χ2v) is 6.02. The molecule has 0 N–H and O–H groups in total. The van der Waals surface area contributed by atoms with Crippen molar-refractivity contribution >= 4 is 9.84 Å². The number of pyridine rings is 1. The Morgan fingerprint density at radius 3 is 2.45 bits per heavy atom. The standard InChI is InChI=1S/C15H14FNO2S/c16-14(10-6-9-13-7-2-1-3-8-13)20(18,19)15-11-4-5-12-17-15/h1-5,7-8,10-12H,6,9H2/b14-10+. The Morgan fingerprint density at radius 1 is 1.10 bits per heavy atom. The lowest BCUT2D eigenvalue weighted by Gasteiger charge is -2.01. The van der Waals surface area contributed by atoms with Gasteiger partial charge in [0.05, 0.1) is 0 Å². The number of hydrogen-bond acceptors (Lipinski definition) is 3. The van der Waals surface area contributed by atoms with E-state index in [4.69, 9.17) is 0 Å². The van der Waals surface area contributed by atoms with Crippen LogP contribution in [0.15, 0.2) is 71.0 Å². The SMILES string of the molecule is O=S(=O)(/C(F)=C/CCc1ccccc1)c1ccccn1. The number of aryl methyl sites for hydroxylation is 1. The van der Waals surface area contributed by atoms with Crippen molar-refractivity contribution in [3.05, 3.63) is 71.5 Å². The third-order valence-electron chi connectivity index (χ3n) is 2.75. The average molecular weight is 291 g/mol. The molecule has 0 unspecified atom stereocenters. The molecule has 0 fully saturated rings. The minimum atomic E-state index is -4.11. The Hall–Kier alpha value is -2.01. The fourth-order valence-electron chi connectivity index (χ4n) is 1.71. The smallest absolute Gasteiger partial charge is 0.244 e. The fraction of sp³-hybridized carbons (Fsp3) is 0.133. The largest absolute Gasteiger partial charge is 0.250 e. The van der Waals surface area contributed by atoms with E-state index in [-0.39, 0.29) is 5.03 Å². The van der Waals surface area contributed by atoms with E-state index in [0.717, 1.165) is 11.6 Å². The average Bonchev–Trinajstić information content (AvgIpc) is 2.49. The van der Waals surface area contributed by atoms with Gasteiger partial charge in [-0.15, -0.1) is 0 Å². The second-order valence-electron chi connectivity index (χ2n) is 4.20. The van der Waals surface area contributed by atoms with Crippen LogP contribution < -0.4 is 0 Å². The first-order chi connectivity index (χ1) is 9.60. The van der Waals surface area contributed by atoms with Crippen molar-refractivity contribution in [1.29, 1.82) is 0 Å². The number of rotatable bonds is 5. The molecular weight excluding hydrogens is 277 g/mol. The number of halogens is 1. The quantitative estimate of drug-likeness (QED) is 0.849. The molecule has 3 nitrogen and oxygen atoms in total. The van der Waals surface area contributed by atoms with Crippen LogP contribution in [-0.2, 0) is 16.3 Å². The van der Waals surface area contributed by atoms with Crippen molar-refractivity contribution in [2.75, 3.05) is 0 Å². The van der Waals surface area contributed by atoms with Gasteiger partial charge in [-0.3, -0.25) is 0 Å². The number of nitrogens with zero attached hydrogens (tertiary/aromatic N) is 1. The number of aromatic nitrogens is 1. The van der Waals surface area contributed by atoms with Crippen LogP contribution in [0.2, 0.25) is 0 Å². The van der Waals surface area contributed by atoms with Gasteiger partial charge in [0, 0.05) is 6.20 Å². The van der Waals surface area contributed by atoms with Crippen molar-refractivity contribution in [3.8, 4) is 0 Å². The molecule has 0 aliphatic carbocycles. The Kier molecular flexibility index (Phi) is 4.63. The molecule has 20 heavy (non-hydrogen) atoms. The molecule has 0 radical (unpaired) electrons. The number of hydrogen-bond donors (Lipinski definition) is 0. The minimum Gasteiger partial charge on any atom is -0.244 e. The van der Waals surface area contributed by atoms with Crippen LogP contribution in [0.4, 0.5) is 4.39 Å². The van der Waals surface area contributed by atoms with Crippen LogP contribution >= 0.6 is 0 Å². The molecule has 2 rings (SSSR count). The highest BCUT2D eigenvalue weighted by molar-refractivity contribution is 7.95. The van der Waals surface area contributed by atoms with Crippen molar-refractivity contribution < 1.29 is 12.8 Å². The maximum Gasteiger partial charge on any atom is 0.250 e. The van der Waals surface area contributed by atoms with E-state index in [1.807, 2.05) is 30.3 Å². The lowest BCUT2D eigenvalue weighted by Crippen LogP contribution is -2.03. The van der Waals surface area contributed by atoms with E-state index in [9.17, 15) is 12.8 Å². The highest BCUT2D eigenvalue weighted by Crippen LogP contribution is 2.18. The summed E-state index contributed by atoms with van der Waals surface area (Å²) >= 11 is 0. The van der Waals surface area contributed by atoms with Crippen LogP contribution in [-0.4, -0.2) is 13.4 Å². The molecule has 1 aromatic carbocycles. The normalized spacial score (nSPS) is 12.3. The minimum absolute atomic E-state index is 0.270. The van der Waals surface area contributed by atoms with Gasteiger partial charge in [0.2, 0.25) is 15.0 Å². The monoisotopic (exact) mass is 291 g/mol. The number of benzene rings is 1. The summed E-state index contributed by atoms with van der Waals surface area (Å²) in [7, 11) is -4.11. The Balaban J connectivity index is 2.07. The molecule has 0 atom stereocenters. The van der Waals surface area contributed by atoms with Gasteiger partial charge in [-0.05, 0) is 36.6 Å².